The van der Waals surface area contributed by atoms with Gasteiger partial charge >= 0.3 is 11.9 Å². The van der Waals surface area contributed by atoms with Gasteiger partial charge in [0.1, 0.15) is 5.69 Å². The van der Waals surface area contributed by atoms with E-state index in [1.54, 1.807) is 56.5 Å². The van der Waals surface area contributed by atoms with Gasteiger partial charge in [-0.3, -0.25) is 4.79 Å². The van der Waals surface area contributed by atoms with E-state index in [0.717, 1.165) is 0 Å². The molecule has 2 aromatic rings. The number of carbonyl (C=O) groups is 3. The van der Waals surface area contributed by atoms with Gasteiger partial charge in [-0.1, -0.05) is 0 Å². The van der Waals surface area contributed by atoms with Gasteiger partial charge in [-0.15, -0.1) is 0 Å². The first-order valence-electron chi connectivity index (χ1n) is 9.30. The van der Waals surface area contributed by atoms with Gasteiger partial charge in [-0.05, 0) is 64.4 Å². The number of aromatic nitrogens is 1. The largest absolute Gasteiger partial charge is 0.462 e. The summed E-state index contributed by atoms with van der Waals surface area (Å²) in [4.78, 5) is 36.9. The van der Waals surface area contributed by atoms with Crippen molar-refractivity contribution in [3.8, 4) is 0 Å². The molecule has 0 aliphatic rings. The van der Waals surface area contributed by atoms with Crippen LogP contribution in [0.5, 0.6) is 0 Å². The van der Waals surface area contributed by atoms with Crippen LogP contribution in [0.4, 0.5) is 5.69 Å². The Balaban J connectivity index is 2.29. The predicted octanol–water partition coefficient (Wildman–Crippen LogP) is 3.73. The van der Waals surface area contributed by atoms with Crippen LogP contribution in [0, 0.1) is 13.8 Å². The van der Waals surface area contributed by atoms with E-state index >= 15 is 0 Å². The van der Waals surface area contributed by atoms with E-state index in [0.29, 0.717) is 46.9 Å². The van der Waals surface area contributed by atoms with Gasteiger partial charge in [0.25, 0.3) is 5.91 Å². The second-order valence-corrected chi connectivity index (χ2v) is 6.15. The molecule has 0 saturated heterocycles. The molecular formula is C21H26N2O5. The van der Waals surface area contributed by atoms with Crippen LogP contribution in [0.15, 0.2) is 24.3 Å². The molecule has 1 aromatic carbocycles. The van der Waals surface area contributed by atoms with E-state index in [-0.39, 0.29) is 12.5 Å². The number of rotatable bonds is 7. The monoisotopic (exact) mass is 386 g/mol. The van der Waals surface area contributed by atoms with Gasteiger partial charge in [-0.2, -0.15) is 0 Å². The van der Waals surface area contributed by atoms with Crippen LogP contribution in [0.1, 0.15) is 63.2 Å². The number of ether oxygens (including phenoxy) is 2. The fourth-order valence-corrected chi connectivity index (χ4v) is 3.19. The Morgan fingerprint density at radius 2 is 1.50 bits per heavy atom. The molecule has 0 fully saturated rings. The smallest absolute Gasteiger partial charge is 0.355 e. The normalized spacial score (nSPS) is 10.5. The van der Waals surface area contributed by atoms with Crippen molar-refractivity contribution < 1.29 is 23.9 Å². The molecular weight excluding hydrogens is 360 g/mol. The molecule has 1 aromatic heterocycles. The number of anilines is 1. The Bertz CT molecular complexity index is 881. The Morgan fingerprint density at radius 3 is 2.04 bits per heavy atom. The molecule has 0 aliphatic heterocycles. The lowest BCUT2D eigenvalue weighted by atomic mass is 10.1. The lowest BCUT2D eigenvalue weighted by Crippen LogP contribution is -2.14. The molecule has 150 valence electrons. The SMILES string of the molecule is CCOC(=O)c1ccc(NC(=O)c2c(C)c(C(=O)OCC)n(CC)c2C)cc1. The highest BCUT2D eigenvalue weighted by Gasteiger charge is 2.26. The van der Waals surface area contributed by atoms with Crippen molar-refractivity contribution in [2.45, 2.75) is 41.2 Å². The highest BCUT2D eigenvalue weighted by Crippen LogP contribution is 2.24. The lowest BCUT2D eigenvalue weighted by Gasteiger charge is -2.08. The van der Waals surface area contributed by atoms with Crippen molar-refractivity contribution in [3.05, 3.63) is 52.3 Å². The molecule has 28 heavy (non-hydrogen) atoms. The summed E-state index contributed by atoms with van der Waals surface area (Å²) in [5.74, 6) is -1.18. The zero-order valence-electron chi connectivity index (χ0n) is 16.9. The average molecular weight is 386 g/mol. The van der Waals surface area contributed by atoms with Crippen LogP contribution in [-0.4, -0.2) is 35.6 Å². The summed E-state index contributed by atoms with van der Waals surface area (Å²) in [5.41, 5.74) is 3.07. The van der Waals surface area contributed by atoms with Crippen LogP contribution in [0.3, 0.4) is 0 Å². The van der Waals surface area contributed by atoms with Gasteiger partial charge in [0, 0.05) is 17.9 Å². The molecule has 1 amide bonds. The van der Waals surface area contributed by atoms with Gasteiger partial charge in [0.2, 0.25) is 0 Å². The van der Waals surface area contributed by atoms with E-state index < -0.39 is 11.9 Å². The molecule has 0 atom stereocenters. The second-order valence-electron chi connectivity index (χ2n) is 6.15. The number of hydrogen-bond acceptors (Lipinski definition) is 5. The van der Waals surface area contributed by atoms with Gasteiger partial charge in [0.05, 0.1) is 24.3 Å². The molecule has 0 saturated carbocycles. The Kier molecular flexibility index (Phi) is 6.98. The summed E-state index contributed by atoms with van der Waals surface area (Å²) in [7, 11) is 0. The second kappa shape index (κ2) is 9.21. The Hall–Kier alpha value is -3.09. The molecule has 0 unspecified atom stereocenters. The van der Waals surface area contributed by atoms with Gasteiger partial charge in [0.15, 0.2) is 0 Å². The molecule has 7 nitrogen and oxygen atoms in total. The molecule has 0 aliphatic carbocycles. The Morgan fingerprint density at radius 1 is 0.929 bits per heavy atom. The van der Waals surface area contributed by atoms with Crippen molar-refractivity contribution in [1.82, 2.24) is 4.57 Å². The van der Waals surface area contributed by atoms with E-state index in [4.69, 9.17) is 9.47 Å². The summed E-state index contributed by atoms with van der Waals surface area (Å²) in [6.45, 7) is 10.0. The van der Waals surface area contributed by atoms with Crippen molar-refractivity contribution in [1.29, 1.82) is 0 Å². The van der Waals surface area contributed by atoms with E-state index in [2.05, 4.69) is 5.32 Å². The fraction of sp³-hybridized carbons (Fsp3) is 0.381. The molecule has 0 radical (unpaired) electrons. The third-order valence-electron chi connectivity index (χ3n) is 4.43. The minimum absolute atomic E-state index is 0.264. The van der Waals surface area contributed by atoms with Crippen LogP contribution in [-0.2, 0) is 16.0 Å². The third kappa shape index (κ3) is 4.24. The van der Waals surface area contributed by atoms with E-state index in [1.165, 1.54) is 0 Å². The zero-order valence-corrected chi connectivity index (χ0v) is 16.9. The molecule has 1 heterocycles. The molecule has 1 N–H and O–H groups in total. The van der Waals surface area contributed by atoms with Crippen LogP contribution in [0.25, 0.3) is 0 Å². The first kappa shape index (κ1) is 21.2. The van der Waals surface area contributed by atoms with Crippen LogP contribution < -0.4 is 5.32 Å². The Labute approximate surface area is 164 Å². The molecule has 7 heteroatoms. The topological polar surface area (TPSA) is 86.6 Å². The zero-order chi connectivity index (χ0) is 20.8. The summed E-state index contributed by atoms with van der Waals surface area (Å²) < 4.78 is 11.9. The van der Waals surface area contributed by atoms with Gasteiger partial charge in [-0.25, -0.2) is 9.59 Å². The van der Waals surface area contributed by atoms with Crippen molar-refractivity contribution in [3.63, 3.8) is 0 Å². The minimum atomic E-state index is -0.442. The summed E-state index contributed by atoms with van der Waals surface area (Å²) in [6.07, 6.45) is 0. The van der Waals surface area contributed by atoms with Crippen molar-refractivity contribution in [2.24, 2.45) is 0 Å². The molecule has 0 bridgehead atoms. The predicted molar refractivity (Wildman–Crippen MR) is 106 cm³/mol. The number of hydrogen-bond donors (Lipinski definition) is 1. The number of esters is 2. The van der Waals surface area contributed by atoms with Crippen molar-refractivity contribution in [2.75, 3.05) is 18.5 Å². The fourth-order valence-electron chi connectivity index (χ4n) is 3.19. The highest BCUT2D eigenvalue weighted by atomic mass is 16.5. The lowest BCUT2D eigenvalue weighted by molar-refractivity contribution is 0.0508. The maximum Gasteiger partial charge on any atom is 0.355 e. The summed E-state index contributed by atoms with van der Waals surface area (Å²) in [5, 5.41) is 2.82. The van der Waals surface area contributed by atoms with E-state index in [1.807, 2.05) is 6.92 Å². The molecule has 2 rings (SSSR count). The highest BCUT2D eigenvalue weighted by molar-refractivity contribution is 6.08. The van der Waals surface area contributed by atoms with Crippen LogP contribution >= 0.6 is 0 Å². The van der Waals surface area contributed by atoms with Crippen molar-refractivity contribution >= 4 is 23.5 Å². The maximum absolute atomic E-state index is 12.9. The first-order chi connectivity index (χ1) is 13.3. The number of benzene rings is 1. The molecule has 0 spiro atoms. The third-order valence-corrected chi connectivity index (χ3v) is 4.43. The number of nitrogens with zero attached hydrogens (tertiary/aromatic N) is 1. The number of amides is 1. The summed E-state index contributed by atoms with van der Waals surface area (Å²) >= 11 is 0. The van der Waals surface area contributed by atoms with E-state index in [9.17, 15) is 14.4 Å². The average Bonchev–Trinajstić information content (AvgIpc) is 2.92. The standard InChI is InChI=1S/C21H26N2O5/c1-6-23-14(5)17(13(4)18(23)21(26)28-8-3)19(24)22-16-11-9-15(10-12-16)20(25)27-7-2/h9-12H,6-8H2,1-5H3,(H,22,24). The minimum Gasteiger partial charge on any atom is -0.462 e. The first-order valence-corrected chi connectivity index (χ1v) is 9.30. The number of carbonyl (C=O) groups excluding carboxylic acids is 3. The van der Waals surface area contributed by atoms with Gasteiger partial charge < -0.3 is 19.4 Å². The summed E-state index contributed by atoms with van der Waals surface area (Å²) in [6, 6.07) is 6.46. The number of nitrogens with one attached hydrogen (secondary N) is 1. The maximum atomic E-state index is 12.9. The van der Waals surface area contributed by atoms with Crippen LogP contribution in [0.2, 0.25) is 0 Å². The quantitative estimate of drug-likeness (QED) is 0.733.